The highest BCUT2D eigenvalue weighted by atomic mass is 15.3. The van der Waals surface area contributed by atoms with Gasteiger partial charge in [0.2, 0.25) is 5.95 Å². The maximum atomic E-state index is 5.05. The highest BCUT2D eigenvalue weighted by molar-refractivity contribution is 5.49. The van der Waals surface area contributed by atoms with E-state index in [1.807, 2.05) is 35.9 Å². The number of anilines is 2. The lowest BCUT2D eigenvalue weighted by Gasteiger charge is -2.23. The van der Waals surface area contributed by atoms with Crippen molar-refractivity contribution in [3.63, 3.8) is 0 Å². The van der Waals surface area contributed by atoms with E-state index >= 15 is 0 Å². The molecule has 0 spiro atoms. The van der Waals surface area contributed by atoms with Gasteiger partial charge in [-0.05, 0) is 29.9 Å². The molecule has 0 bridgehead atoms. The summed E-state index contributed by atoms with van der Waals surface area (Å²) in [7, 11) is 3.96. The fourth-order valence-electron chi connectivity index (χ4n) is 4.80. The Bertz CT molecular complexity index is 975. The standard InChI is InChI=1S/C23H32N8/c1-16(2)21-9-22(30-7-5-17(14-30)19-10-24-28(3)12-19)27-23(26-21)31-8-6-18(15-31)20-11-25-29(4)13-20/h9-13,16-18H,5-8,14-15H2,1-4H3. The zero-order chi connectivity index (χ0) is 21.5. The third-order valence-corrected chi connectivity index (χ3v) is 6.69. The SMILES string of the molecule is CC(C)c1cc(N2CCC(c3cnn(C)c3)C2)nc(N2CCC(c3cnn(C)c3)C2)n1. The maximum absolute atomic E-state index is 5.05. The Labute approximate surface area is 183 Å². The highest BCUT2D eigenvalue weighted by Crippen LogP contribution is 2.34. The second kappa shape index (κ2) is 7.98. The zero-order valence-electron chi connectivity index (χ0n) is 18.9. The number of hydrogen-bond donors (Lipinski definition) is 0. The molecule has 8 heteroatoms. The van der Waals surface area contributed by atoms with Crippen molar-refractivity contribution in [2.45, 2.75) is 44.4 Å². The van der Waals surface area contributed by atoms with Crippen molar-refractivity contribution in [3.8, 4) is 0 Å². The molecule has 0 aromatic carbocycles. The molecule has 2 aliphatic heterocycles. The van der Waals surface area contributed by atoms with Gasteiger partial charge in [0.15, 0.2) is 0 Å². The van der Waals surface area contributed by atoms with Crippen LogP contribution in [0.25, 0.3) is 0 Å². The lowest BCUT2D eigenvalue weighted by Crippen LogP contribution is -2.26. The molecule has 5 rings (SSSR count). The van der Waals surface area contributed by atoms with Crippen LogP contribution in [0.4, 0.5) is 11.8 Å². The van der Waals surface area contributed by atoms with Gasteiger partial charge in [0.25, 0.3) is 0 Å². The van der Waals surface area contributed by atoms with Gasteiger partial charge in [0.05, 0.1) is 18.1 Å². The number of aromatic nitrogens is 6. The predicted octanol–water partition coefficient (Wildman–Crippen LogP) is 3.05. The molecule has 2 saturated heterocycles. The smallest absolute Gasteiger partial charge is 0.227 e. The van der Waals surface area contributed by atoms with Gasteiger partial charge >= 0.3 is 0 Å². The summed E-state index contributed by atoms with van der Waals surface area (Å²) in [6.07, 6.45) is 10.5. The average Bonchev–Trinajstić information content (AvgIpc) is 3.54. The van der Waals surface area contributed by atoms with Crippen LogP contribution in [-0.4, -0.2) is 55.7 Å². The quantitative estimate of drug-likeness (QED) is 0.632. The van der Waals surface area contributed by atoms with E-state index in [-0.39, 0.29) is 0 Å². The van der Waals surface area contributed by atoms with E-state index in [0.717, 1.165) is 56.5 Å². The van der Waals surface area contributed by atoms with Crippen LogP contribution in [0.1, 0.15) is 61.3 Å². The molecule has 3 aromatic rings. The van der Waals surface area contributed by atoms with E-state index in [0.29, 0.717) is 17.8 Å². The summed E-state index contributed by atoms with van der Waals surface area (Å²) >= 11 is 0. The first-order valence-corrected chi connectivity index (χ1v) is 11.3. The van der Waals surface area contributed by atoms with Gasteiger partial charge in [0, 0.05) is 70.6 Å². The molecule has 2 unspecified atom stereocenters. The van der Waals surface area contributed by atoms with Crippen LogP contribution in [-0.2, 0) is 14.1 Å². The fraction of sp³-hybridized carbons (Fsp3) is 0.565. The molecule has 164 valence electrons. The maximum Gasteiger partial charge on any atom is 0.227 e. The summed E-state index contributed by atoms with van der Waals surface area (Å²) in [6.45, 7) is 8.36. The molecule has 0 saturated carbocycles. The fourth-order valence-corrected chi connectivity index (χ4v) is 4.80. The van der Waals surface area contributed by atoms with E-state index in [2.05, 4.69) is 52.3 Å². The van der Waals surface area contributed by atoms with Crippen molar-refractivity contribution >= 4 is 11.8 Å². The molecule has 0 amide bonds. The normalized spacial score (nSPS) is 21.6. The minimum absolute atomic E-state index is 0.369. The van der Waals surface area contributed by atoms with Crippen molar-refractivity contribution < 1.29 is 0 Å². The van der Waals surface area contributed by atoms with E-state index < -0.39 is 0 Å². The largest absolute Gasteiger partial charge is 0.356 e. The number of aryl methyl sites for hydroxylation is 2. The van der Waals surface area contributed by atoms with Crippen molar-refractivity contribution in [2.75, 3.05) is 36.0 Å². The first kappa shape index (κ1) is 20.0. The van der Waals surface area contributed by atoms with Crippen LogP contribution >= 0.6 is 0 Å². The van der Waals surface area contributed by atoms with Crippen molar-refractivity contribution in [2.24, 2.45) is 14.1 Å². The molecule has 2 aliphatic rings. The Balaban J connectivity index is 1.37. The van der Waals surface area contributed by atoms with Crippen LogP contribution < -0.4 is 9.80 Å². The number of nitrogens with zero attached hydrogens (tertiary/aromatic N) is 8. The second-order valence-electron chi connectivity index (χ2n) is 9.36. The van der Waals surface area contributed by atoms with Crippen LogP contribution in [0, 0.1) is 0 Å². The van der Waals surface area contributed by atoms with E-state index in [1.54, 1.807) is 0 Å². The van der Waals surface area contributed by atoms with Crippen LogP contribution in [0.2, 0.25) is 0 Å². The molecule has 0 radical (unpaired) electrons. The molecule has 5 heterocycles. The van der Waals surface area contributed by atoms with Gasteiger partial charge in [-0.25, -0.2) is 4.98 Å². The summed E-state index contributed by atoms with van der Waals surface area (Å²) in [4.78, 5) is 14.8. The van der Waals surface area contributed by atoms with Crippen molar-refractivity contribution in [1.29, 1.82) is 0 Å². The molecule has 0 aliphatic carbocycles. The molecule has 0 N–H and O–H groups in total. The predicted molar refractivity (Wildman–Crippen MR) is 122 cm³/mol. The van der Waals surface area contributed by atoms with Crippen LogP contribution in [0.15, 0.2) is 30.9 Å². The van der Waals surface area contributed by atoms with E-state index in [9.17, 15) is 0 Å². The van der Waals surface area contributed by atoms with Crippen molar-refractivity contribution in [1.82, 2.24) is 29.5 Å². The Morgan fingerprint density at radius 2 is 1.42 bits per heavy atom. The van der Waals surface area contributed by atoms with Crippen molar-refractivity contribution in [3.05, 3.63) is 47.7 Å². The van der Waals surface area contributed by atoms with Crippen LogP contribution in [0.3, 0.4) is 0 Å². The lowest BCUT2D eigenvalue weighted by molar-refractivity contribution is 0.750. The summed E-state index contributed by atoms with van der Waals surface area (Å²) in [5.74, 6) is 3.30. The molecule has 2 fully saturated rings. The number of hydrogen-bond acceptors (Lipinski definition) is 6. The molecule has 8 nitrogen and oxygen atoms in total. The molecule has 31 heavy (non-hydrogen) atoms. The number of rotatable bonds is 5. The van der Waals surface area contributed by atoms with Gasteiger partial charge in [-0.15, -0.1) is 0 Å². The summed E-state index contributed by atoms with van der Waals surface area (Å²) < 4.78 is 3.78. The first-order valence-electron chi connectivity index (χ1n) is 11.3. The Kier molecular flexibility index (Phi) is 5.16. The summed E-state index contributed by atoms with van der Waals surface area (Å²) in [5, 5.41) is 8.71. The average molecular weight is 421 g/mol. The second-order valence-corrected chi connectivity index (χ2v) is 9.36. The zero-order valence-corrected chi connectivity index (χ0v) is 18.9. The Morgan fingerprint density at radius 3 is 1.97 bits per heavy atom. The molecule has 3 aromatic heterocycles. The Hall–Kier alpha value is -2.90. The summed E-state index contributed by atoms with van der Waals surface area (Å²) in [6, 6.07) is 2.19. The molecular weight excluding hydrogens is 388 g/mol. The van der Waals surface area contributed by atoms with Gasteiger partial charge in [-0.3, -0.25) is 9.36 Å². The molecular formula is C23H32N8. The highest BCUT2D eigenvalue weighted by Gasteiger charge is 2.30. The van der Waals surface area contributed by atoms with Gasteiger partial charge < -0.3 is 9.80 Å². The van der Waals surface area contributed by atoms with E-state index in [4.69, 9.17) is 9.97 Å². The lowest BCUT2D eigenvalue weighted by atomic mass is 10.0. The topological polar surface area (TPSA) is 67.9 Å². The third kappa shape index (κ3) is 4.03. The monoisotopic (exact) mass is 420 g/mol. The van der Waals surface area contributed by atoms with Gasteiger partial charge in [-0.2, -0.15) is 15.2 Å². The van der Waals surface area contributed by atoms with Gasteiger partial charge in [0.1, 0.15) is 5.82 Å². The minimum Gasteiger partial charge on any atom is -0.356 e. The molecule has 2 atom stereocenters. The van der Waals surface area contributed by atoms with E-state index in [1.165, 1.54) is 11.1 Å². The van der Waals surface area contributed by atoms with Crippen LogP contribution in [0.5, 0.6) is 0 Å². The van der Waals surface area contributed by atoms with Gasteiger partial charge in [-0.1, -0.05) is 13.8 Å². The minimum atomic E-state index is 0.369. The first-order chi connectivity index (χ1) is 15.0. The third-order valence-electron chi connectivity index (χ3n) is 6.69. The Morgan fingerprint density at radius 1 is 0.839 bits per heavy atom. The summed E-state index contributed by atoms with van der Waals surface area (Å²) in [5.41, 5.74) is 3.75.